The summed E-state index contributed by atoms with van der Waals surface area (Å²) < 4.78 is 0. The second-order valence-corrected chi connectivity index (χ2v) is 6.39. The Balaban J connectivity index is 2.13. The van der Waals surface area contributed by atoms with Crippen LogP contribution in [0.2, 0.25) is 5.02 Å². The average molecular weight is 351 g/mol. The van der Waals surface area contributed by atoms with Crippen molar-refractivity contribution in [3.63, 3.8) is 0 Å². The summed E-state index contributed by atoms with van der Waals surface area (Å²) in [6.45, 7) is 3.35. The van der Waals surface area contributed by atoms with Gasteiger partial charge in [-0.2, -0.15) is 0 Å². The van der Waals surface area contributed by atoms with Gasteiger partial charge < -0.3 is 4.90 Å². The molecular formula is C17H17BrClN. The molecule has 0 bridgehead atoms. The Morgan fingerprint density at radius 2 is 1.90 bits per heavy atom. The van der Waals surface area contributed by atoms with Crippen LogP contribution in [-0.4, -0.2) is 6.54 Å². The van der Waals surface area contributed by atoms with Crippen molar-refractivity contribution in [1.29, 1.82) is 0 Å². The monoisotopic (exact) mass is 349 g/mol. The fraction of sp³-hybridized carbons (Fsp3) is 0.294. The standard InChI is InChI=1S/C17H17BrClN/c1-12-9-13-5-2-3-7-16(13)20(11-12)17-8-4-6-15(19)14(17)10-18/h2-8,12H,9-11H2,1H3. The fourth-order valence-electron chi connectivity index (χ4n) is 2.96. The van der Waals surface area contributed by atoms with Gasteiger partial charge in [0.15, 0.2) is 0 Å². The van der Waals surface area contributed by atoms with Crippen molar-refractivity contribution >= 4 is 38.9 Å². The second kappa shape index (κ2) is 5.79. The lowest BCUT2D eigenvalue weighted by Gasteiger charge is -2.36. The predicted octanol–water partition coefficient (Wildman–Crippen LogP) is 5.57. The highest BCUT2D eigenvalue weighted by Gasteiger charge is 2.24. The smallest absolute Gasteiger partial charge is 0.0467 e. The SMILES string of the molecule is CC1Cc2ccccc2N(c2cccc(Cl)c2CBr)C1. The summed E-state index contributed by atoms with van der Waals surface area (Å²) in [5.74, 6) is 0.645. The molecule has 0 aromatic heterocycles. The highest BCUT2D eigenvalue weighted by Crippen LogP contribution is 2.39. The molecule has 1 heterocycles. The molecule has 0 N–H and O–H groups in total. The van der Waals surface area contributed by atoms with E-state index in [0.717, 1.165) is 28.9 Å². The van der Waals surface area contributed by atoms with Crippen LogP contribution in [0.5, 0.6) is 0 Å². The van der Waals surface area contributed by atoms with Crippen LogP contribution in [0, 0.1) is 5.92 Å². The van der Waals surface area contributed by atoms with Crippen molar-refractivity contribution in [2.24, 2.45) is 5.92 Å². The maximum atomic E-state index is 6.36. The van der Waals surface area contributed by atoms with Crippen molar-refractivity contribution in [3.8, 4) is 0 Å². The first-order chi connectivity index (χ1) is 9.70. The zero-order chi connectivity index (χ0) is 14.1. The first-order valence-electron chi connectivity index (χ1n) is 6.89. The summed E-state index contributed by atoms with van der Waals surface area (Å²) in [6, 6.07) is 14.8. The number of nitrogens with zero attached hydrogens (tertiary/aromatic N) is 1. The van der Waals surface area contributed by atoms with Crippen molar-refractivity contribution in [1.82, 2.24) is 0 Å². The third-order valence-corrected chi connectivity index (χ3v) is 4.78. The number of alkyl halides is 1. The molecule has 1 aliphatic heterocycles. The Kier molecular flexibility index (Phi) is 4.04. The molecule has 1 unspecified atom stereocenters. The molecule has 0 saturated heterocycles. The van der Waals surface area contributed by atoms with Gasteiger partial charge in [0.1, 0.15) is 0 Å². The molecule has 0 fully saturated rings. The number of hydrogen-bond donors (Lipinski definition) is 0. The fourth-order valence-corrected chi connectivity index (χ4v) is 3.94. The van der Waals surface area contributed by atoms with Crippen LogP contribution in [0.1, 0.15) is 18.1 Å². The molecule has 2 aromatic rings. The largest absolute Gasteiger partial charge is 0.341 e. The maximum Gasteiger partial charge on any atom is 0.0467 e. The lowest BCUT2D eigenvalue weighted by atomic mass is 9.93. The molecule has 3 heteroatoms. The first kappa shape index (κ1) is 14.0. The topological polar surface area (TPSA) is 3.24 Å². The summed E-state index contributed by atoms with van der Waals surface area (Å²) in [4.78, 5) is 2.41. The third-order valence-electron chi connectivity index (χ3n) is 3.86. The van der Waals surface area contributed by atoms with Gasteiger partial charge in [0.05, 0.1) is 0 Å². The molecule has 1 aliphatic rings. The summed E-state index contributed by atoms with van der Waals surface area (Å²) in [6.07, 6.45) is 1.15. The summed E-state index contributed by atoms with van der Waals surface area (Å²) >= 11 is 9.93. The van der Waals surface area contributed by atoms with E-state index >= 15 is 0 Å². The van der Waals surface area contributed by atoms with E-state index in [1.165, 1.54) is 16.9 Å². The van der Waals surface area contributed by atoms with Gasteiger partial charge in [-0.3, -0.25) is 0 Å². The van der Waals surface area contributed by atoms with E-state index in [-0.39, 0.29) is 0 Å². The van der Waals surface area contributed by atoms with Crippen LogP contribution >= 0.6 is 27.5 Å². The number of halogens is 2. The van der Waals surface area contributed by atoms with Crippen molar-refractivity contribution in [2.45, 2.75) is 18.7 Å². The molecule has 1 atom stereocenters. The van der Waals surface area contributed by atoms with Crippen molar-refractivity contribution < 1.29 is 0 Å². The molecule has 3 rings (SSSR count). The van der Waals surface area contributed by atoms with Crippen LogP contribution in [0.15, 0.2) is 42.5 Å². The quantitative estimate of drug-likeness (QED) is 0.640. The Hall–Kier alpha value is -0.990. The van der Waals surface area contributed by atoms with Crippen LogP contribution in [0.25, 0.3) is 0 Å². The van der Waals surface area contributed by atoms with Crippen molar-refractivity contribution in [3.05, 3.63) is 58.6 Å². The maximum absolute atomic E-state index is 6.36. The van der Waals surface area contributed by atoms with E-state index in [1.807, 2.05) is 12.1 Å². The normalized spacial score (nSPS) is 17.9. The highest BCUT2D eigenvalue weighted by molar-refractivity contribution is 9.08. The Labute approximate surface area is 133 Å². The predicted molar refractivity (Wildman–Crippen MR) is 90.4 cm³/mol. The second-order valence-electron chi connectivity index (χ2n) is 5.42. The molecular weight excluding hydrogens is 334 g/mol. The number of fused-ring (bicyclic) bond motifs is 1. The molecule has 1 nitrogen and oxygen atoms in total. The zero-order valence-corrected chi connectivity index (χ0v) is 13.8. The first-order valence-corrected chi connectivity index (χ1v) is 8.39. The van der Waals surface area contributed by atoms with E-state index in [2.05, 4.69) is 58.1 Å². The van der Waals surface area contributed by atoms with Crippen LogP contribution in [0.3, 0.4) is 0 Å². The summed E-state index contributed by atoms with van der Waals surface area (Å²) in [7, 11) is 0. The van der Waals surface area contributed by atoms with Gasteiger partial charge in [0.25, 0.3) is 0 Å². The number of benzene rings is 2. The summed E-state index contributed by atoms with van der Waals surface area (Å²) in [5, 5.41) is 1.60. The summed E-state index contributed by atoms with van der Waals surface area (Å²) in [5.41, 5.74) is 5.12. The van der Waals surface area contributed by atoms with Crippen LogP contribution in [0.4, 0.5) is 11.4 Å². The number of anilines is 2. The molecule has 104 valence electrons. The average Bonchev–Trinajstić information content (AvgIpc) is 2.46. The minimum Gasteiger partial charge on any atom is -0.341 e. The van der Waals surface area contributed by atoms with Gasteiger partial charge in [0.2, 0.25) is 0 Å². The third kappa shape index (κ3) is 2.47. The molecule has 20 heavy (non-hydrogen) atoms. The highest BCUT2D eigenvalue weighted by atomic mass is 79.9. The van der Waals surface area contributed by atoms with Gasteiger partial charge in [-0.15, -0.1) is 0 Å². The van der Waals surface area contributed by atoms with Gasteiger partial charge in [-0.05, 0) is 36.1 Å². The molecule has 0 saturated carbocycles. The van der Waals surface area contributed by atoms with E-state index in [1.54, 1.807) is 0 Å². The molecule has 0 spiro atoms. The molecule has 2 aromatic carbocycles. The van der Waals surface area contributed by atoms with Gasteiger partial charge in [-0.1, -0.05) is 58.7 Å². The Morgan fingerprint density at radius 1 is 1.15 bits per heavy atom. The van der Waals surface area contributed by atoms with Gasteiger partial charge >= 0.3 is 0 Å². The Bertz CT molecular complexity index is 626. The van der Waals surface area contributed by atoms with Gasteiger partial charge in [0, 0.05) is 33.8 Å². The number of para-hydroxylation sites is 1. The lowest BCUT2D eigenvalue weighted by molar-refractivity contribution is 0.562. The minimum absolute atomic E-state index is 0.645. The van der Waals surface area contributed by atoms with E-state index < -0.39 is 0 Å². The number of rotatable bonds is 2. The zero-order valence-electron chi connectivity index (χ0n) is 11.4. The van der Waals surface area contributed by atoms with E-state index in [0.29, 0.717) is 5.92 Å². The lowest BCUT2D eigenvalue weighted by Crippen LogP contribution is -2.31. The minimum atomic E-state index is 0.645. The molecule has 0 aliphatic carbocycles. The number of hydrogen-bond acceptors (Lipinski definition) is 1. The molecule has 0 radical (unpaired) electrons. The van der Waals surface area contributed by atoms with Crippen LogP contribution < -0.4 is 4.90 Å². The van der Waals surface area contributed by atoms with Crippen LogP contribution in [-0.2, 0) is 11.8 Å². The van der Waals surface area contributed by atoms with Crippen molar-refractivity contribution in [2.75, 3.05) is 11.4 Å². The van der Waals surface area contributed by atoms with Gasteiger partial charge in [-0.25, -0.2) is 0 Å². The molecule has 0 amide bonds. The Morgan fingerprint density at radius 3 is 2.70 bits per heavy atom. The van der Waals surface area contributed by atoms with E-state index in [4.69, 9.17) is 11.6 Å². The van der Waals surface area contributed by atoms with E-state index in [9.17, 15) is 0 Å².